The number of aryl methyl sites for hydroxylation is 1. The quantitative estimate of drug-likeness (QED) is 0.300. The fraction of sp³-hybridized carbons (Fsp3) is 0.0345. The third-order valence-electron chi connectivity index (χ3n) is 5.54. The first-order valence-corrected chi connectivity index (χ1v) is 10.0. The van der Waals surface area contributed by atoms with E-state index in [1.165, 1.54) is 49.7 Å². The molecule has 0 aliphatic rings. The standard InChI is InChI=1S/C29H22/c1-21-16-18-22(19-17-21)27-20-25-14-8-9-15-26(25)28(23-10-4-2-5-11-23)29(27)24-12-6-3-7-13-24/h2-20H,1H3. The van der Waals surface area contributed by atoms with Crippen LogP contribution in [0.4, 0.5) is 0 Å². The highest BCUT2D eigenvalue weighted by Crippen LogP contribution is 2.44. The maximum atomic E-state index is 2.34. The first-order chi connectivity index (χ1) is 14.3. The van der Waals surface area contributed by atoms with Crippen LogP contribution in [0, 0.1) is 6.92 Å². The summed E-state index contributed by atoms with van der Waals surface area (Å²) in [6, 6.07) is 41.4. The van der Waals surface area contributed by atoms with E-state index in [4.69, 9.17) is 0 Å². The molecule has 0 aliphatic carbocycles. The minimum absolute atomic E-state index is 1.24. The summed E-state index contributed by atoms with van der Waals surface area (Å²) in [4.78, 5) is 0. The molecule has 0 N–H and O–H groups in total. The molecule has 5 rings (SSSR count). The van der Waals surface area contributed by atoms with Gasteiger partial charge in [-0.05, 0) is 57.1 Å². The third kappa shape index (κ3) is 3.23. The molecular formula is C29H22. The van der Waals surface area contributed by atoms with Crippen LogP contribution in [0.25, 0.3) is 44.2 Å². The Morgan fingerprint density at radius 2 is 1.00 bits per heavy atom. The van der Waals surface area contributed by atoms with Gasteiger partial charge in [0, 0.05) is 0 Å². The Balaban J connectivity index is 1.95. The smallest absolute Gasteiger partial charge is 0.00204 e. The second-order valence-corrected chi connectivity index (χ2v) is 7.49. The first kappa shape index (κ1) is 17.5. The third-order valence-corrected chi connectivity index (χ3v) is 5.54. The summed E-state index contributed by atoms with van der Waals surface area (Å²) in [6.45, 7) is 2.14. The van der Waals surface area contributed by atoms with Crippen LogP contribution in [0.2, 0.25) is 0 Å². The van der Waals surface area contributed by atoms with Gasteiger partial charge in [-0.2, -0.15) is 0 Å². The van der Waals surface area contributed by atoms with Gasteiger partial charge in [-0.3, -0.25) is 0 Å². The van der Waals surface area contributed by atoms with Crippen molar-refractivity contribution in [1.29, 1.82) is 0 Å². The zero-order valence-electron chi connectivity index (χ0n) is 16.5. The summed E-state index contributed by atoms with van der Waals surface area (Å²) >= 11 is 0. The molecule has 0 atom stereocenters. The van der Waals surface area contributed by atoms with Gasteiger partial charge in [0.25, 0.3) is 0 Å². The van der Waals surface area contributed by atoms with Crippen molar-refractivity contribution in [3.8, 4) is 33.4 Å². The lowest BCUT2D eigenvalue weighted by Gasteiger charge is -2.19. The van der Waals surface area contributed by atoms with Gasteiger partial charge in [-0.1, -0.05) is 115 Å². The zero-order chi connectivity index (χ0) is 19.6. The van der Waals surface area contributed by atoms with E-state index < -0.39 is 0 Å². The molecule has 0 aromatic heterocycles. The van der Waals surface area contributed by atoms with Crippen molar-refractivity contribution in [3.63, 3.8) is 0 Å². The maximum Gasteiger partial charge on any atom is -0.00204 e. The van der Waals surface area contributed by atoms with Crippen LogP contribution in [0.15, 0.2) is 115 Å². The van der Waals surface area contributed by atoms with E-state index in [-0.39, 0.29) is 0 Å². The molecule has 0 saturated carbocycles. The summed E-state index contributed by atoms with van der Waals surface area (Å²) in [5.41, 5.74) is 8.87. The molecule has 0 fully saturated rings. The summed E-state index contributed by atoms with van der Waals surface area (Å²) in [5.74, 6) is 0. The molecule has 0 radical (unpaired) electrons. The minimum atomic E-state index is 1.24. The molecule has 0 heteroatoms. The monoisotopic (exact) mass is 370 g/mol. The minimum Gasteiger partial charge on any atom is -0.0622 e. The van der Waals surface area contributed by atoms with Crippen molar-refractivity contribution in [2.75, 3.05) is 0 Å². The molecule has 0 aliphatic heterocycles. The SMILES string of the molecule is Cc1ccc(-c2cc3ccccc3c(-c3ccccc3)c2-c2ccccc2)cc1. The van der Waals surface area contributed by atoms with Crippen molar-refractivity contribution in [3.05, 3.63) is 121 Å². The van der Waals surface area contributed by atoms with Crippen molar-refractivity contribution in [2.45, 2.75) is 6.92 Å². The van der Waals surface area contributed by atoms with Crippen LogP contribution >= 0.6 is 0 Å². The summed E-state index contributed by atoms with van der Waals surface area (Å²) in [6.07, 6.45) is 0. The van der Waals surface area contributed by atoms with E-state index in [2.05, 4.69) is 122 Å². The fourth-order valence-electron chi connectivity index (χ4n) is 4.12. The summed E-state index contributed by atoms with van der Waals surface area (Å²) in [7, 11) is 0. The van der Waals surface area contributed by atoms with Crippen LogP contribution in [0.3, 0.4) is 0 Å². The maximum absolute atomic E-state index is 2.34. The average Bonchev–Trinajstić information content (AvgIpc) is 2.79. The Morgan fingerprint density at radius 3 is 1.66 bits per heavy atom. The number of benzene rings is 5. The lowest BCUT2D eigenvalue weighted by Crippen LogP contribution is -1.93. The molecule has 0 heterocycles. The Kier molecular flexibility index (Phi) is 4.46. The van der Waals surface area contributed by atoms with Gasteiger partial charge in [0.05, 0.1) is 0 Å². The number of hydrogen-bond donors (Lipinski definition) is 0. The second-order valence-electron chi connectivity index (χ2n) is 7.49. The van der Waals surface area contributed by atoms with Crippen LogP contribution in [0.5, 0.6) is 0 Å². The van der Waals surface area contributed by atoms with Gasteiger partial charge < -0.3 is 0 Å². The van der Waals surface area contributed by atoms with Gasteiger partial charge >= 0.3 is 0 Å². The first-order valence-electron chi connectivity index (χ1n) is 10.0. The molecule has 0 saturated heterocycles. The summed E-state index contributed by atoms with van der Waals surface area (Å²) in [5, 5.41) is 2.55. The highest BCUT2D eigenvalue weighted by molar-refractivity contribution is 6.09. The van der Waals surface area contributed by atoms with Crippen molar-refractivity contribution >= 4 is 10.8 Å². The lowest BCUT2D eigenvalue weighted by atomic mass is 9.84. The van der Waals surface area contributed by atoms with E-state index in [9.17, 15) is 0 Å². The Morgan fingerprint density at radius 1 is 0.448 bits per heavy atom. The molecule has 29 heavy (non-hydrogen) atoms. The molecule has 5 aromatic carbocycles. The highest BCUT2D eigenvalue weighted by atomic mass is 14.2. The molecule has 138 valence electrons. The van der Waals surface area contributed by atoms with Crippen molar-refractivity contribution < 1.29 is 0 Å². The molecule has 5 aromatic rings. The lowest BCUT2D eigenvalue weighted by molar-refractivity contribution is 1.47. The molecule has 0 bridgehead atoms. The van der Waals surface area contributed by atoms with Crippen LogP contribution in [0.1, 0.15) is 5.56 Å². The van der Waals surface area contributed by atoms with Gasteiger partial charge in [0.2, 0.25) is 0 Å². The van der Waals surface area contributed by atoms with Crippen LogP contribution in [-0.4, -0.2) is 0 Å². The molecular weight excluding hydrogens is 348 g/mol. The Labute approximate surface area is 172 Å². The predicted molar refractivity (Wildman–Crippen MR) is 125 cm³/mol. The van der Waals surface area contributed by atoms with E-state index >= 15 is 0 Å². The number of hydrogen-bond acceptors (Lipinski definition) is 0. The molecule has 0 amide bonds. The Hall–Kier alpha value is -3.64. The largest absolute Gasteiger partial charge is 0.0622 e. The highest BCUT2D eigenvalue weighted by Gasteiger charge is 2.17. The molecule has 0 spiro atoms. The van der Waals surface area contributed by atoms with Gasteiger partial charge in [-0.15, -0.1) is 0 Å². The summed E-state index contributed by atoms with van der Waals surface area (Å²) < 4.78 is 0. The Bertz CT molecular complexity index is 1260. The van der Waals surface area contributed by atoms with E-state index in [1.807, 2.05) is 0 Å². The topological polar surface area (TPSA) is 0 Å². The second kappa shape index (κ2) is 7.41. The number of rotatable bonds is 3. The van der Waals surface area contributed by atoms with Gasteiger partial charge in [0.15, 0.2) is 0 Å². The predicted octanol–water partition coefficient (Wildman–Crippen LogP) is 8.15. The van der Waals surface area contributed by atoms with Crippen molar-refractivity contribution in [1.82, 2.24) is 0 Å². The number of fused-ring (bicyclic) bond motifs is 1. The van der Waals surface area contributed by atoms with E-state index in [0.29, 0.717) is 0 Å². The van der Waals surface area contributed by atoms with Crippen molar-refractivity contribution in [2.24, 2.45) is 0 Å². The molecule has 0 unspecified atom stereocenters. The van der Waals surface area contributed by atoms with E-state index in [1.54, 1.807) is 0 Å². The van der Waals surface area contributed by atoms with Gasteiger partial charge in [-0.25, -0.2) is 0 Å². The average molecular weight is 370 g/mol. The van der Waals surface area contributed by atoms with Gasteiger partial charge in [0.1, 0.15) is 0 Å². The van der Waals surface area contributed by atoms with Crippen LogP contribution < -0.4 is 0 Å². The normalized spacial score (nSPS) is 10.9. The fourth-order valence-corrected chi connectivity index (χ4v) is 4.12. The zero-order valence-corrected chi connectivity index (χ0v) is 16.5. The molecule has 0 nitrogen and oxygen atoms in total. The van der Waals surface area contributed by atoms with E-state index in [0.717, 1.165) is 0 Å². The van der Waals surface area contributed by atoms with Crippen LogP contribution in [-0.2, 0) is 0 Å².